The van der Waals surface area contributed by atoms with Crippen LogP contribution in [0.5, 0.6) is 5.75 Å². The van der Waals surface area contributed by atoms with Gasteiger partial charge in [0.15, 0.2) is 0 Å². The van der Waals surface area contributed by atoms with Gasteiger partial charge in [0.1, 0.15) is 5.75 Å². The van der Waals surface area contributed by atoms with Gasteiger partial charge in [-0.25, -0.2) is 4.79 Å². The number of likely N-dealkylation sites (tertiary alicyclic amines) is 1. The van der Waals surface area contributed by atoms with E-state index < -0.39 is 0 Å². The molecule has 1 aliphatic heterocycles. The average Bonchev–Trinajstić information content (AvgIpc) is 2.82. The number of carbonyl (C=O) groups excluding carboxylic acids is 2. The Labute approximate surface area is 130 Å². The minimum absolute atomic E-state index is 0.0874. The topological polar surface area (TPSA) is 81.7 Å². The smallest absolute Gasteiger partial charge is 0.315 e. The molecule has 2 rings (SSSR count). The highest BCUT2D eigenvalue weighted by Crippen LogP contribution is 2.14. The van der Waals surface area contributed by atoms with E-state index in [1.54, 1.807) is 17.0 Å². The first-order valence-corrected chi connectivity index (χ1v) is 7.57. The first-order valence-electron chi connectivity index (χ1n) is 7.57. The highest BCUT2D eigenvalue weighted by atomic mass is 16.3. The Morgan fingerprint density at radius 2 is 2.05 bits per heavy atom. The number of rotatable bonds is 5. The molecule has 3 N–H and O–H groups in total. The number of nitrogens with one attached hydrogen (secondary N) is 2. The Hall–Kier alpha value is -2.24. The molecule has 0 aromatic heterocycles. The monoisotopic (exact) mass is 305 g/mol. The maximum atomic E-state index is 11.8. The van der Waals surface area contributed by atoms with Crippen molar-refractivity contribution in [3.63, 3.8) is 0 Å². The lowest BCUT2D eigenvalue weighted by Gasteiger charge is -2.21. The number of amides is 3. The zero-order valence-corrected chi connectivity index (χ0v) is 13.0. The predicted molar refractivity (Wildman–Crippen MR) is 83.6 cm³/mol. The van der Waals surface area contributed by atoms with Gasteiger partial charge in [-0.05, 0) is 38.0 Å². The minimum Gasteiger partial charge on any atom is -0.508 e. The van der Waals surface area contributed by atoms with E-state index >= 15 is 0 Å². The van der Waals surface area contributed by atoms with Crippen molar-refractivity contribution in [1.29, 1.82) is 0 Å². The van der Waals surface area contributed by atoms with Gasteiger partial charge >= 0.3 is 6.03 Å². The summed E-state index contributed by atoms with van der Waals surface area (Å²) in [5.74, 6) is 0.319. The molecule has 1 aliphatic rings. The fourth-order valence-electron chi connectivity index (χ4n) is 2.55. The molecule has 0 aliphatic carbocycles. The van der Waals surface area contributed by atoms with Crippen molar-refractivity contribution in [3.05, 3.63) is 29.8 Å². The zero-order valence-electron chi connectivity index (χ0n) is 13.0. The summed E-state index contributed by atoms with van der Waals surface area (Å²) in [5, 5.41) is 14.8. The van der Waals surface area contributed by atoms with Crippen LogP contribution < -0.4 is 10.6 Å². The van der Waals surface area contributed by atoms with E-state index in [0.29, 0.717) is 25.9 Å². The molecule has 1 aromatic rings. The van der Waals surface area contributed by atoms with Crippen LogP contribution in [0, 0.1) is 0 Å². The molecule has 1 fully saturated rings. The average molecular weight is 305 g/mol. The molecule has 120 valence electrons. The Morgan fingerprint density at radius 3 is 2.64 bits per heavy atom. The lowest BCUT2D eigenvalue weighted by Crippen LogP contribution is -2.44. The van der Waals surface area contributed by atoms with E-state index in [4.69, 9.17) is 0 Å². The second kappa shape index (κ2) is 7.15. The van der Waals surface area contributed by atoms with Crippen LogP contribution in [0.25, 0.3) is 0 Å². The quantitative estimate of drug-likeness (QED) is 0.765. The number of hydrogen-bond acceptors (Lipinski definition) is 3. The van der Waals surface area contributed by atoms with Crippen LogP contribution >= 0.6 is 0 Å². The summed E-state index contributed by atoms with van der Waals surface area (Å²) in [6, 6.07) is 6.69. The Morgan fingerprint density at radius 1 is 1.36 bits per heavy atom. The van der Waals surface area contributed by atoms with Crippen LogP contribution in [0.1, 0.15) is 25.8 Å². The maximum absolute atomic E-state index is 11.8. The van der Waals surface area contributed by atoms with Gasteiger partial charge in [0.25, 0.3) is 0 Å². The summed E-state index contributed by atoms with van der Waals surface area (Å²) >= 11 is 0. The first kappa shape index (κ1) is 16.1. The number of urea groups is 1. The second-order valence-corrected chi connectivity index (χ2v) is 5.86. The normalized spacial score (nSPS) is 17.9. The molecule has 0 bridgehead atoms. The third kappa shape index (κ3) is 4.38. The van der Waals surface area contributed by atoms with Crippen molar-refractivity contribution in [2.24, 2.45) is 0 Å². The SMILES string of the molecule is CC(C)N1CC(NC(=O)NCCc2ccc(O)cc2)CC1=O. The molecule has 22 heavy (non-hydrogen) atoms. The van der Waals surface area contributed by atoms with E-state index in [9.17, 15) is 14.7 Å². The predicted octanol–water partition coefficient (Wildman–Crippen LogP) is 1.24. The summed E-state index contributed by atoms with van der Waals surface area (Å²) in [7, 11) is 0. The highest BCUT2D eigenvalue weighted by Gasteiger charge is 2.31. The van der Waals surface area contributed by atoms with E-state index in [-0.39, 0.29) is 29.8 Å². The summed E-state index contributed by atoms with van der Waals surface area (Å²) in [4.78, 5) is 25.4. The van der Waals surface area contributed by atoms with Crippen molar-refractivity contribution < 1.29 is 14.7 Å². The largest absolute Gasteiger partial charge is 0.508 e. The van der Waals surface area contributed by atoms with Gasteiger partial charge in [-0.1, -0.05) is 12.1 Å². The highest BCUT2D eigenvalue weighted by molar-refractivity contribution is 5.81. The summed E-state index contributed by atoms with van der Waals surface area (Å²) in [6.07, 6.45) is 1.05. The summed E-state index contributed by atoms with van der Waals surface area (Å²) in [5.41, 5.74) is 1.04. The van der Waals surface area contributed by atoms with E-state index in [1.165, 1.54) is 0 Å². The van der Waals surface area contributed by atoms with Crippen LogP contribution in [0.3, 0.4) is 0 Å². The van der Waals surface area contributed by atoms with Crippen LogP contribution in [0.2, 0.25) is 0 Å². The van der Waals surface area contributed by atoms with Crippen molar-refractivity contribution in [2.75, 3.05) is 13.1 Å². The number of nitrogens with zero attached hydrogens (tertiary/aromatic N) is 1. The second-order valence-electron chi connectivity index (χ2n) is 5.86. The minimum atomic E-state index is -0.248. The molecule has 1 unspecified atom stereocenters. The number of phenolic OH excluding ortho intramolecular Hbond substituents is 1. The number of hydrogen-bond donors (Lipinski definition) is 3. The van der Waals surface area contributed by atoms with Gasteiger partial charge in [-0.15, -0.1) is 0 Å². The molecule has 0 spiro atoms. The number of aromatic hydroxyl groups is 1. The van der Waals surface area contributed by atoms with Gasteiger partial charge in [-0.2, -0.15) is 0 Å². The fraction of sp³-hybridized carbons (Fsp3) is 0.500. The van der Waals surface area contributed by atoms with Crippen LogP contribution in [-0.2, 0) is 11.2 Å². The van der Waals surface area contributed by atoms with Crippen molar-refractivity contribution in [3.8, 4) is 5.75 Å². The standard InChI is InChI=1S/C16H23N3O3/c1-11(2)19-10-13(9-15(19)21)18-16(22)17-8-7-12-3-5-14(20)6-4-12/h3-6,11,13,20H,7-10H2,1-2H3,(H2,17,18,22). The third-order valence-corrected chi connectivity index (χ3v) is 3.75. The maximum Gasteiger partial charge on any atom is 0.315 e. The first-order chi connectivity index (χ1) is 10.5. The molecular formula is C16H23N3O3. The molecular weight excluding hydrogens is 282 g/mol. The molecule has 1 atom stereocenters. The van der Waals surface area contributed by atoms with Crippen LogP contribution in [0.4, 0.5) is 4.79 Å². The molecule has 0 radical (unpaired) electrons. The van der Waals surface area contributed by atoms with Gasteiger partial charge in [0.2, 0.25) is 5.91 Å². The van der Waals surface area contributed by atoms with Gasteiger partial charge in [0, 0.05) is 25.6 Å². The Balaban J connectivity index is 1.70. The number of benzene rings is 1. The molecule has 1 saturated heterocycles. The van der Waals surface area contributed by atoms with E-state index in [2.05, 4.69) is 10.6 Å². The van der Waals surface area contributed by atoms with E-state index in [1.807, 2.05) is 26.0 Å². The van der Waals surface area contributed by atoms with Crippen molar-refractivity contribution >= 4 is 11.9 Å². The molecule has 1 heterocycles. The third-order valence-electron chi connectivity index (χ3n) is 3.75. The summed E-state index contributed by atoms with van der Waals surface area (Å²) < 4.78 is 0. The number of carbonyl (C=O) groups is 2. The van der Waals surface area contributed by atoms with E-state index in [0.717, 1.165) is 5.56 Å². The van der Waals surface area contributed by atoms with Crippen molar-refractivity contribution in [1.82, 2.24) is 15.5 Å². The Kier molecular flexibility index (Phi) is 5.25. The molecule has 3 amide bonds. The van der Waals surface area contributed by atoms with Crippen LogP contribution in [0.15, 0.2) is 24.3 Å². The molecule has 0 saturated carbocycles. The molecule has 1 aromatic carbocycles. The zero-order chi connectivity index (χ0) is 16.1. The van der Waals surface area contributed by atoms with Gasteiger partial charge in [-0.3, -0.25) is 4.79 Å². The van der Waals surface area contributed by atoms with Crippen molar-refractivity contribution in [2.45, 2.75) is 38.8 Å². The molecule has 6 nitrogen and oxygen atoms in total. The van der Waals surface area contributed by atoms with Crippen LogP contribution in [-0.4, -0.2) is 47.1 Å². The lowest BCUT2D eigenvalue weighted by molar-refractivity contribution is -0.129. The lowest BCUT2D eigenvalue weighted by atomic mass is 10.1. The summed E-state index contributed by atoms with van der Waals surface area (Å²) in [6.45, 7) is 5.02. The van der Waals surface area contributed by atoms with Gasteiger partial charge in [0.05, 0.1) is 6.04 Å². The molecule has 6 heteroatoms. The number of phenols is 1. The van der Waals surface area contributed by atoms with Gasteiger partial charge < -0.3 is 20.6 Å². The Bertz CT molecular complexity index is 528. The fourth-order valence-corrected chi connectivity index (χ4v) is 2.55.